The second-order valence-corrected chi connectivity index (χ2v) is 5.36. The van der Waals surface area contributed by atoms with Crippen molar-refractivity contribution in [2.45, 2.75) is 78.1 Å². The lowest BCUT2D eigenvalue weighted by Gasteiger charge is -2.04. The van der Waals surface area contributed by atoms with E-state index in [1.165, 1.54) is 51.0 Å². The number of unbranched alkanes of at least 4 members (excludes halogenated alkanes) is 8. The summed E-state index contributed by atoms with van der Waals surface area (Å²) in [5, 5.41) is 8.43. The lowest BCUT2D eigenvalue weighted by atomic mass is 10.1. The lowest BCUT2D eigenvalue weighted by Crippen LogP contribution is -2.06. The molecule has 0 atom stereocenters. The van der Waals surface area contributed by atoms with E-state index in [0.717, 1.165) is 18.4 Å². The van der Waals surface area contributed by atoms with Crippen LogP contribution in [-0.4, -0.2) is 12.6 Å². The maximum Gasteiger partial charge on any atom is 0.306 e. The first-order valence-corrected chi connectivity index (χ1v) is 7.91. The van der Waals surface area contributed by atoms with Gasteiger partial charge in [-0.3, -0.25) is 4.79 Å². The molecule has 0 heterocycles. The number of rotatable bonds is 12. The van der Waals surface area contributed by atoms with E-state index in [1.54, 1.807) is 6.92 Å². The molecule has 0 N–H and O–H groups in total. The largest absolute Gasteiger partial charge is 0.461 e. The van der Waals surface area contributed by atoms with Crippen LogP contribution in [0, 0.1) is 11.3 Å². The Labute approximate surface area is 124 Å². The molecule has 0 saturated carbocycles. The predicted octanol–water partition coefficient (Wildman–Crippen LogP) is 4.92. The van der Waals surface area contributed by atoms with Crippen molar-refractivity contribution in [3.05, 3.63) is 11.6 Å². The Hall–Kier alpha value is -1.30. The third-order valence-electron chi connectivity index (χ3n) is 3.26. The Balaban J connectivity index is 3.32. The van der Waals surface area contributed by atoms with Gasteiger partial charge in [0.25, 0.3) is 0 Å². The van der Waals surface area contributed by atoms with Gasteiger partial charge in [0.05, 0.1) is 6.07 Å². The highest BCUT2D eigenvalue weighted by Gasteiger charge is 2.02. The van der Waals surface area contributed by atoms with Gasteiger partial charge in [0.1, 0.15) is 6.61 Å². The minimum absolute atomic E-state index is 0.154. The monoisotopic (exact) mass is 279 g/mol. The van der Waals surface area contributed by atoms with Crippen LogP contribution < -0.4 is 0 Å². The number of esters is 1. The van der Waals surface area contributed by atoms with Gasteiger partial charge < -0.3 is 4.74 Å². The lowest BCUT2D eigenvalue weighted by molar-refractivity contribution is -0.142. The van der Waals surface area contributed by atoms with Crippen molar-refractivity contribution in [1.29, 1.82) is 5.26 Å². The van der Waals surface area contributed by atoms with E-state index in [1.807, 2.05) is 6.07 Å². The molecular weight excluding hydrogens is 250 g/mol. The molecular formula is C17H29NO2. The quantitative estimate of drug-likeness (QED) is 0.289. The molecule has 3 nitrogen and oxygen atoms in total. The summed E-state index contributed by atoms with van der Waals surface area (Å²) >= 11 is 0. The van der Waals surface area contributed by atoms with E-state index in [-0.39, 0.29) is 12.6 Å². The summed E-state index contributed by atoms with van der Waals surface area (Å²) in [6.45, 7) is 4.26. The van der Waals surface area contributed by atoms with E-state index in [0.29, 0.717) is 6.42 Å². The number of hydrogen-bond acceptors (Lipinski definition) is 3. The third-order valence-corrected chi connectivity index (χ3v) is 3.26. The summed E-state index contributed by atoms with van der Waals surface area (Å²) in [6, 6.07) is 1.92. The van der Waals surface area contributed by atoms with Crippen molar-refractivity contribution < 1.29 is 9.53 Å². The highest BCUT2D eigenvalue weighted by molar-refractivity contribution is 5.69. The van der Waals surface area contributed by atoms with Crippen molar-refractivity contribution in [3.8, 4) is 6.07 Å². The minimum Gasteiger partial charge on any atom is -0.461 e. The SMILES string of the molecule is CCCCCCCCCCCC(=O)OC/C(C)=C/C#N. The van der Waals surface area contributed by atoms with E-state index in [2.05, 4.69) is 6.92 Å². The predicted molar refractivity (Wildman–Crippen MR) is 82.2 cm³/mol. The maximum absolute atomic E-state index is 11.4. The third kappa shape index (κ3) is 13.1. The summed E-state index contributed by atoms with van der Waals surface area (Å²) < 4.78 is 5.07. The Morgan fingerprint density at radius 3 is 2.15 bits per heavy atom. The Morgan fingerprint density at radius 2 is 1.60 bits per heavy atom. The zero-order valence-electron chi connectivity index (χ0n) is 13.1. The smallest absolute Gasteiger partial charge is 0.306 e. The first kappa shape index (κ1) is 18.7. The second-order valence-electron chi connectivity index (χ2n) is 5.36. The number of carbonyl (C=O) groups is 1. The first-order chi connectivity index (χ1) is 9.70. The van der Waals surface area contributed by atoms with Gasteiger partial charge in [-0.05, 0) is 18.9 Å². The fraction of sp³-hybridized carbons (Fsp3) is 0.765. The summed E-state index contributed by atoms with van der Waals surface area (Å²) in [7, 11) is 0. The molecule has 114 valence electrons. The molecule has 0 rings (SSSR count). The maximum atomic E-state index is 11.4. The molecule has 3 heteroatoms. The highest BCUT2D eigenvalue weighted by Crippen LogP contribution is 2.10. The molecule has 0 amide bonds. The van der Waals surface area contributed by atoms with E-state index < -0.39 is 0 Å². The molecule has 0 bridgehead atoms. The molecule has 0 aromatic carbocycles. The van der Waals surface area contributed by atoms with Crippen LogP contribution in [0.2, 0.25) is 0 Å². The van der Waals surface area contributed by atoms with Crippen LogP contribution in [0.1, 0.15) is 78.1 Å². The van der Waals surface area contributed by atoms with Gasteiger partial charge in [-0.1, -0.05) is 58.3 Å². The van der Waals surface area contributed by atoms with E-state index in [4.69, 9.17) is 10.00 Å². The number of nitriles is 1. The molecule has 0 aromatic rings. The average molecular weight is 279 g/mol. The molecule has 0 aliphatic heterocycles. The molecule has 0 aliphatic carbocycles. The number of allylic oxidation sites excluding steroid dienone is 1. The fourth-order valence-corrected chi connectivity index (χ4v) is 2.00. The normalized spacial score (nSPS) is 11.2. The average Bonchev–Trinajstić information content (AvgIpc) is 2.43. The fourth-order valence-electron chi connectivity index (χ4n) is 2.00. The van der Waals surface area contributed by atoms with Crippen LogP contribution in [0.3, 0.4) is 0 Å². The molecule has 20 heavy (non-hydrogen) atoms. The number of nitrogens with zero attached hydrogens (tertiary/aromatic N) is 1. The molecule has 0 aromatic heterocycles. The topological polar surface area (TPSA) is 50.1 Å². The number of ether oxygens (including phenoxy) is 1. The summed E-state index contributed by atoms with van der Waals surface area (Å²) in [5.74, 6) is -0.154. The van der Waals surface area contributed by atoms with Gasteiger partial charge in [0.15, 0.2) is 0 Å². The Kier molecular flexibility index (Phi) is 13.2. The standard InChI is InChI=1S/C17H29NO2/c1-3-4-5-6-7-8-9-10-11-12-17(19)20-15-16(2)13-14-18/h13H,3-12,15H2,1-2H3/b16-13+. The molecule has 0 radical (unpaired) electrons. The molecule has 0 fully saturated rings. The van der Waals surface area contributed by atoms with Crippen LogP contribution in [0.25, 0.3) is 0 Å². The van der Waals surface area contributed by atoms with Crippen molar-refractivity contribution in [1.82, 2.24) is 0 Å². The van der Waals surface area contributed by atoms with Gasteiger partial charge in [0.2, 0.25) is 0 Å². The first-order valence-electron chi connectivity index (χ1n) is 7.91. The van der Waals surface area contributed by atoms with Gasteiger partial charge in [-0.2, -0.15) is 5.26 Å². The van der Waals surface area contributed by atoms with Crippen LogP contribution in [0.4, 0.5) is 0 Å². The zero-order valence-corrected chi connectivity index (χ0v) is 13.1. The van der Waals surface area contributed by atoms with Crippen LogP contribution in [0.5, 0.6) is 0 Å². The van der Waals surface area contributed by atoms with Crippen LogP contribution >= 0.6 is 0 Å². The van der Waals surface area contributed by atoms with E-state index >= 15 is 0 Å². The van der Waals surface area contributed by atoms with Gasteiger partial charge >= 0.3 is 5.97 Å². The molecule has 0 unspecified atom stereocenters. The van der Waals surface area contributed by atoms with Gasteiger partial charge in [0, 0.05) is 12.5 Å². The van der Waals surface area contributed by atoms with Crippen molar-refractivity contribution in [2.24, 2.45) is 0 Å². The highest BCUT2D eigenvalue weighted by atomic mass is 16.5. The number of hydrogen-bond donors (Lipinski definition) is 0. The van der Waals surface area contributed by atoms with Crippen LogP contribution in [0.15, 0.2) is 11.6 Å². The molecule has 0 saturated heterocycles. The van der Waals surface area contributed by atoms with Gasteiger partial charge in [-0.15, -0.1) is 0 Å². The van der Waals surface area contributed by atoms with E-state index in [9.17, 15) is 4.79 Å². The molecule has 0 spiro atoms. The minimum atomic E-state index is -0.154. The summed E-state index contributed by atoms with van der Waals surface area (Å²) in [5.41, 5.74) is 0.785. The van der Waals surface area contributed by atoms with Crippen molar-refractivity contribution >= 4 is 5.97 Å². The summed E-state index contributed by atoms with van der Waals surface area (Å²) in [6.07, 6.45) is 13.1. The van der Waals surface area contributed by atoms with Crippen molar-refractivity contribution in [2.75, 3.05) is 6.61 Å². The Bertz CT molecular complexity index is 315. The zero-order chi connectivity index (χ0) is 15.1. The van der Waals surface area contributed by atoms with Crippen molar-refractivity contribution in [3.63, 3.8) is 0 Å². The van der Waals surface area contributed by atoms with Gasteiger partial charge in [-0.25, -0.2) is 0 Å². The Morgan fingerprint density at radius 1 is 1.05 bits per heavy atom. The number of carbonyl (C=O) groups excluding carboxylic acids is 1. The second kappa shape index (κ2) is 14.1. The summed E-state index contributed by atoms with van der Waals surface area (Å²) in [4.78, 5) is 11.4. The molecule has 0 aliphatic rings. The van der Waals surface area contributed by atoms with Crippen LogP contribution in [-0.2, 0) is 9.53 Å².